The normalized spacial score (nSPS) is 14.6. The summed E-state index contributed by atoms with van der Waals surface area (Å²) in [5.74, 6) is -6.78. The molecule has 0 radical (unpaired) electrons. The lowest BCUT2D eigenvalue weighted by atomic mass is 10.0. The SMILES string of the molecule is CC(C)CC(N)C(=O)NC(CCC(=O)O)C(=O)NC(CC(=O)O)C(=O)NC(CC(C)C)C(=O)O. The number of hydrogen-bond donors (Lipinski definition) is 7. The second-order valence-electron chi connectivity index (χ2n) is 8.92. The number of carboxylic acids is 3. The highest BCUT2D eigenvalue weighted by molar-refractivity contribution is 5.95. The molecule has 194 valence electrons. The number of nitrogens with two attached hydrogens (primary N) is 1. The third kappa shape index (κ3) is 12.7. The maximum absolute atomic E-state index is 12.8. The van der Waals surface area contributed by atoms with Gasteiger partial charge in [0.05, 0.1) is 12.5 Å². The summed E-state index contributed by atoms with van der Waals surface area (Å²) in [6.45, 7) is 7.14. The monoisotopic (exact) mass is 488 g/mol. The molecule has 0 aromatic rings. The van der Waals surface area contributed by atoms with E-state index >= 15 is 0 Å². The van der Waals surface area contributed by atoms with E-state index in [1.54, 1.807) is 13.8 Å². The quantitative estimate of drug-likeness (QED) is 0.144. The highest BCUT2D eigenvalue weighted by atomic mass is 16.4. The van der Waals surface area contributed by atoms with Crippen LogP contribution >= 0.6 is 0 Å². The lowest BCUT2D eigenvalue weighted by Gasteiger charge is -2.25. The lowest BCUT2D eigenvalue weighted by Crippen LogP contribution is -2.57. The summed E-state index contributed by atoms with van der Waals surface area (Å²) < 4.78 is 0. The van der Waals surface area contributed by atoms with Crippen LogP contribution in [0.5, 0.6) is 0 Å². The van der Waals surface area contributed by atoms with Gasteiger partial charge in [-0.05, 0) is 31.1 Å². The fraction of sp³-hybridized carbons (Fsp3) is 0.714. The summed E-state index contributed by atoms with van der Waals surface area (Å²) in [5.41, 5.74) is 5.80. The van der Waals surface area contributed by atoms with Gasteiger partial charge in [0.25, 0.3) is 0 Å². The first-order chi connectivity index (χ1) is 15.6. The maximum atomic E-state index is 12.8. The Labute approximate surface area is 197 Å². The number of carbonyl (C=O) groups is 6. The number of carbonyl (C=O) groups excluding carboxylic acids is 3. The Kier molecular flexibility index (Phi) is 13.4. The largest absolute Gasteiger partial charge is 0.481 e. The third-order valence-electron chi connectivity index (χ3n) is 4.68. The molecule has 4 unspecified atom stereocenters. The number of hydrogen-bond acceptors (Lipinski definition) is 7. The molecule has 3 amide bonds. The van der Waals surface area contributed by atoms with Crippen LogP contribution in [0.4, 0.5) is 0 Å². The first-order valence-corrected chi connectivity index (χ1v) is 11.0. The molecule has 13 heteroatoms. The van der Waals surface area contributed by atoms with Crippen molar-refractivity contribution in [1.82, 2.24) is 16.0 Å². The molecular formula is C21H36N4O9. The van der Waals surface area contributed by atoms with Crippen LogP contribution in [0.15, 0.2) is 0 Å². The van der Waals surface area contributed by atoms with Gasteiger partial charge in [0.1, 0.15) is 18.1 Å². The zero-order valence-corrected chi connectivity index (χ0v) is 19.9. The number of rotatable bonds is 16. The Bertz CT molecular complexity index is 755. The van der Waals surface area contributed by atoms with Gasteiger partial charge in [-0.25, -0.2) is 4.79 Å². The van der Waals surface area contributed by atoms with Crippen molar-refractivity contribution in [3.8, 4) is 0 Å². The predicted molar refractivity (Wildman–Crippen MR) is 119 cm³/mol. The van der Waals surface area contributed by atoms with E-state index in [1.165, 1.54) is 0 Å². The topological polar surface area (TPSA) is 225 Å². The van der Waals surface area contributed by atoms with Crippen molar-refractivity contribution in [1.29, 1.82) is 0 Å². The molecule has 0 heterocycles. The van der Waals surface area contributed by atoms with Crippen LogP contribution in [0.25, 0.3) is 0 Å². The van der Waals surface area contributed by atoms with Gasteiger partial charge in [-0.15, -0.1) is 0 Å². The molecule has 4 atom stereocenters. The molecule has 13 nitrogen and oxygen atoms in total. The molecule has 0 saturated heterocycles. The molecule has 8 N–H and O–H groups in total. The van der Waals surface area contributed by atoms with Crippen LogP contribution in [-0.4, -0.2) is 75.1 Å². The highest BCUT2D eigenvalue weighted by Crippen LogP contribution is 2.08. The fourth-order valence-electron chi connectivity index (χ4n) is 3.05. The second-order valence-corrected chi connectivity index (χ2v) is 8.92. The van der Waals surface area contributed by atoms with E-state index in [4.69, 9.17) is 15.9 Å². The van der Waals surface area contributed by atoms with Crippen molar-refractivity contribution in [3.05, 3.63) is 0 Å². The minimum absolute atomic E-state index is 0.0693. The van der Waals surface area contributed by atoms with Gasteiger partial charge in [-0.3, -0.25) is 24.0 Å². The number of carboxylic acid groups (broad SMARTS) is 3. The Morgan fingerprint density at radius 2 is 1.15 bits per heavy atom. The first kappa shape index (κ1) is 30.8. The summed E-state index contributed by atoms with van der Waals surface area (Å²) in [5, 5.41) is 34.1. The molecule has 0 aliphatic heterocycles. The van der Waals surface area contributed by atoms with Crippen molar-refractivity contribution in [3.63, 3.8) is 0 Å². The zero-order valence-electron chi connectivity index (χ0n) is 19.9. The summed E-state index contributed by atoms with van der Waals surface area (Å²) >= 11 is 0. The average molecular weight is 489 g/mol. The van der Waals surface area contributed by atoms with Gasteiger partial charge >= 0.3 is 17.9 Å². The van der Waals surface area contributed by atoms with Gasteiger partial charge in [0.2, 0.25) is 17.7 Å². The van der Waals surface area contributed by atoms with Crippen molar-refractivity contribution in [2.24, 2.45) is 17.6 Å². The zero-order chi connectivity index (χ0) is 26.6. The van der Waals surface area contributed by atoms with E-state index in [9.17, 15) is 33.9 Å². The van der Waals surface area contributed by atoms with E-state index < -0.39 is 72.6 Å². The maximum Gasteiger partial charge on any atom is 0.326 e. The molecule has 0 fully saturated rings. The smallest absolute Gasteiger partial charge is 0.326 e. The van der Waals surface area contributed by atoms with Gasteiger partial charge in [-0.1, -0.05) is 27.7 Å². The summed E-state index contributed by atoms with van der Waals surface area (Å²) in [4.78, 5) is 71.4. The van der Waals surface area contributed by atoms with E-state index in [-0.39, 0.29) is 24.7 Å². The molecule has 0 spiro atoms. The van der Waals surface area contributed by atoms with Crippen LogP contribution in [0.2, 0.25) is 0 Å². The Morgan fingerprint density at radius 3 is 1.59 bits per heavy atom. The van der Waals surface area contributed by atoms with E-state index in [1.807, 2.05) is 13.8 Å². The average Bonchev–Trinajstić information content (AvgIpc) is 2.68. The third-order valence-corrected chi connectivity index (χ3v) is 4.68. The lowest BCUT2D eigenvalue weighted by molar-refractivity contribution is -0.144. The molecule has 0 aromatic carbocycles. The van der Waals surface area contributed by atoms with E-state index in [0.29, 0.717) is 6.42 Å². The number of nitrogens with one attached hydrogen (secondary N) is 3. The molecule has 34 heavy (non-hydrogen) atoms. The minimum Gasteiger partial charge on any atom is -0.481 e. The Morgan fingerprint density at radius 1 is 0.676 bits per heavy atom. The van der Waals surface area contributed by atoms with Gasteiger partial charge in [0, 0.05) is 6.42 Å². The summed E-state index contributed by atoms with van der Waals surface area (Å²) in [6, 6.07) is -5.34. The van der Waals surface area contributed by atoms with Crippen LogP contribution in [0, 0.1) is 11.8 Å². The molecule has 0 rings (SSSR count). The molecule has 0 bridgehead atoms. The van der Waals surface area contributed by atoms with Crippen LogP contribution in [0.3, 0.4) is 0 Å². The summed E-state index contributed by atoms with van der Waals surface area (Å²) in [6.07, 6.45) is -1.33. The number of aliphatic carboxylic acids is 3. The molecular weight excluding hydrogens is 452 g/mol. The van der Waals surface area contributed by atoms with Crippen LogP contribution < -0.4 is 21.7 Å². The van der Waals surface area contributed by atoms with Crippen LogP contribution in [-0.2, 0) is 28.8 Å². The second kappa shape index (κ2) is 14.8. The standard InChI is InChI=1S/C21H36N4O9/c1-10(2)7-12(22)18(30)23-13(5-6-16(26)27)19(31)24-14(9-17(28)29)20(32)25-15(21(33)34)8-11(3)4/h10-15H,5-9,22H2,1-4H3,(H,23,30)(H,24,31)(H,25,32)(H,26,27)(H,28,29)(H,33,34). The fourth-order valence-corrected chi connectivity index (χ4v) is 3.05. The van der Waals surface area contributed by atoms with Crippen molar-refractivity contribution >= 4 is 35.6 Å². The van der Waals surface area contributed by atoms with E-state index in [0.717, 1.165) is 0 Å². The van der Waals surface area contributed by atoms with Crippen molar-refractivity contribution in [2.75, 3.05) is 0 Å². The predicted octanol–water partition coefficient (Wildman–Crippen LogP) is -0.716. The molecule has 0 saturated carbocycles. The molecule has 0 aromatic heterocycles. The first-order valence-electron chi connectivity index (χ1n) is 11.0. The Hall–Kier alpha value is -3.22. The highest BCUT2D eigenvalue weighted by Gasteiger charge is 2.32. The van der Waals surface area contributed by atoms with E-state index in [2.05, 4.69) is 16.0 Å². The minimum atomic E-state index is -1.66. The van der Waals surface area contributed by atoms with Crippen molar-refractivity contribution < 1.29 is 44.1 Å². The number of amides is 3. The molecule has 0 aliphatic rings. The van der Waals surface area contributed by atoms with Crippen LogP contribution in [0.1, 0.15) is 59.8 Å². The van der Waals surface area contributed by atoms with Crippen molar-refractivity contribution in [2.45, 2.75) is 84.0 Å². The van der Waals surface area contributed by atoms with Gasteiger partial charge in [-0.2, -0.15) is 0 Å². The summed E-state index contributed by atoms with van der Waals surface area (Å²) in [7, 11) is 0. The Balaban J connectivity index is 5.58. The van der Waals surface area contributed by atoms with Gasteiger partial charge < -0.3 is 37.0 Å². The molecule has 0 aliphatic carbocycles. The van der Waals surface area contributed by atoms with Gasteiger partial charge in [0.15, 0.2) is 0 Å².